The van der Waals surface area contributed by atoms with Crippen LogP contribution in [0.4, 0.5) is 5.69 Å². The van der Waals surface area contributed by atoms with Crippen molar-refractivity contribution in [3.05, 3.63) is 47.1 Å². The summed E-state index contributed by atoms with van der Waals surface area (Å²) in [5.41, 5.74) is 0.543. The zero-order chi connectivity index (χ0) is 16.3. The van der Waals surface area contributed by atoms with Crippen molar-refractivity contribution >= 4 is 33.0 Å². The molecule has 0 saturated heterocycles. The number of halogens is 1. The molecule has 8 heteroatoms. The van der Waals surface area contributed by atoms with Gasteiger partial charge in [0.2, 0.25) is 5.88 Å². The van der Waals surface area contributed by atoms with Crippen molar-refractivity contribution in [3.63, 3.8) is 0 Å². The lowest BCUT2D eigenvalue weighted by Crippen LogP contribution is -2.14. The number of carbonyl (C=O) groups is 1. The molecule has 0 bridgehead atoms. The van der Waals surface area contributed by atoms with Gasteiger partial charge in [-0.2, -0.15) is 0 Å². The van der Waals surface area contributed by atoms with Crippen molar-refractivity contribution in [2.45, 2.75) is 4.90 Å². The molecule has 1 aromatic heterocycles. The zero-order valence-corrected chi connectivity index (χ0v) is 13.4. The van der Waals surface area contributed by atoms with Gasteiger partial charge in [-0.25, -0.2) is 13.4 Å². The summed E-state index contributed by atoms with van der Waals surface area (Å²) in [6.07, 6.45) is 2.55. The number of benzene rings is 1. The molecule has 1 aromatic carbocycles. The average Bonchev–Trinajstić information content (AvgIpc) is 2.47. The lowest BCUT2D eigenvalue weighted by Gasteiger charge is -2.10. The molecule has 0 fully saturated rings. The molecule has 1 N–H and O–H groups in total. The molecular formula is C14H13ClN2O4S. The van der Waals surface area contributed by atoms with Gasteiger partial charge in [-0.1, -0.05) is 11.6 Å². The van der Waals surface area contributed by atoms with E-state index in [-0.39, 0.29) is 21.4 Å². The summed E-state index contributed by atoms with van der Waals surface area (Å²) in [7, 11) is -2.09. The number of rotatable bonds is 4. The lowest BCUT2D eigenvalue weighted by atomic mass is 10.2. The van der Waals surface area contributed by atoms with Crippen LogP contribution in [0.2, 0.25) is 5.02 Å². The summed E-state index contributed by atoms with van der Waals surface area (Å²) in [6, 6.07) is 7.30. The SMILES string of the molecule is COc1ncccc1NC(=O)c1ccc(Cl)c(S(C)(=O)=O)c1. The molecule has 0 aliphatic carbocycles. The van der Waals surface area contributed by atoms with Gasteiger partial charge in [0.1, 0.15) is 5.69 Å². The first-order valence-electron chi connectivity index (χ1n) is 6.13. The molecule has 1 amide bonds. The van der Waals surface area contributed by atoms with E-state index < -0.39 is 15.7 Å². The maximum absolute atomic E-state index is 12.2. The van der Waals surface area contributed by atoms with Crippen LogP contribution in [0.1, 0.15) is 10.4 Å². The Labute approximate surface area is 133 Å². The molecule has 116 valence electrons. The van der Waals surface area contributed by atoms with E-state index in [0.717, 1.165) is 6.26 Å². The molecule has 0 unspecified atom stereocenters. The molecule has 22 heavy (non-hydrogen) atoms. The summed E-state index contributed by atoms with van der Waals surface area (Å²) in [5, 5.41) is 2.68. The number of hydrogen-bond donors (Lipinski definition) is 1. The second-order valence-corrected chi connectivity index (χ2v) is 6.82. The minimum Gasteiger partial charge on any atom is -0.480 e. The summed E-state index contributed by atoms with van der Waals surface area (Å²) in [5.74, 6) is -0.235. The Kier molecular flexibility index (Phi) is 4.68. The van der Waals surface area contributed by atoms with E-state index in [2.05, 4.69) is 10.3 Å². The van der Waals surface area contributed by atoms with Crippen molar-refractivity contribution in [2.24, 2.45) is 0 Å². The number of sulfone groups is 1. The maximum atomic E-state index is 12.2. The standard InChI is InChI=1S/C14H13ClN2O4S/c1-21-14-11(4-3-7-16-14)17-13(18)9-5-6-10(15)12(8-9)22(2,19)20/h3-8H,1-2H3,(H,17,18). The third kappa shape index (κ3) is 3.55. The van der Waals surface area contributed by atoms with Crippen molar-refractivity contribution < 1.29 is 17.9 Å². The quantitative estimate of drug-likeness (QED) is 0.923. The number of pyridine rings is 1. The molecule has 0 atom stereocenters. The minimum absolute atomic E-state index is 0.0676. The molecule has 2 aromatic rings. The number of methoxy groups -OCH3 is 1. The second-order valence-electron chi connectivity index (χ2n) is 4.43. The summed E-state index contributed by atoms with van der Waals surface area (Å²) in [4.78, 5) is 16.1. The number of anilines is 1. The van der Waals surface area contributed by atoms with Crippen LogP contribution in [-0.4, -0.2) is 32.7 Å². The van der Waals surface area contributed by atoms with E-state index in [9.17, 15) is 13.2 Å². The Morgan fingerprint density at radius 3 is 2.68 bits per heavy atom. The average molecular weight is 341 g/mol. The third-order valence-electron chi connectivity index (χ3n) is 2.81. The second kappa shape index (κ2) is 6.33. The predicted molar refractivity (Wildman–Crippen MR) is 83.3 cm³/mol. The van der Waals surface area contributed by atoms with Crippen LogP contribution in [0.15, 0.2) is 41.4 Å². The minimum atomic E-state index is -3.52. The van der Waals surface area contributed by atoms with Gasteiger partial charge in [-0.3, -0.25) is 4.79 Å². The Morgan fingerprint density at radius 2 is 2.05 bits per heavy atom. The first-order valence-corrected chi connectivity index (χ1v) is 8.40. The number of ether oxygens (including phenoxy) is 1. The number of carbonyl (C=O) groups excluding carboxylic acids is 1. The molecule has 0 aliphatic rings. The Balaban J connectivity index is 2.35. The molecular weight excluding hydrogens is 328 g/mol. The van der Waals surface area contributed by atoms with E-state index in [4.69, 9.17) is 16.3 Å². The molecule has 0 saturated carbocycles. The van der Waals surface area contributed by atoms with Crippen LogP contribution in [0.5, 0.6) is 5.88 Å². The number of aromatic nitrogens is 1. The lowest BCUT2D eigenvalue weighted by molar-refractivity contribution is 0.102. The highest BCUT2D eigenvalue weighted by atomic mass is 35.5. The largest absolute Gasteiger partial charge is 0.480 e. The van der Waals surface area contributed by atoms with E-state index in [0.29, 0.717) is 5.69 Å². The van der Waals surface area contributed by atoms with Gasteiger partial charge in [-0.15, -0.1) is 0 Å². The van der Waals surface area contributed by atoms with Crippen LogP contribution < -0.4 is 10.1 Å². The van der Waals surface area contributed by atoms with Crippen LogP contribution in [0.3, 0.4) is 0 Å². The summed E-state index contributed by atoms with van der Waals surface area (Å²) >= 11 is 5.85. The summed E-state index contributed by atoms with van der Waals surface area (Å²) in [6.45, 7) is 0. The smallest absolute Gasteiger partial charge is 0.255 e. The number of nitrogens with zero attached hydrogens (tertiary/aromatic N) is 1. The molecule has 0 spiro atoms. The zero-order valence-electron chi connectivity index (χ0n) is 11.8. The van der Waals surface area contributed by atoms with Crippen molar-refractivity contribution in [1.82, 2.24) is 4.98 Å². The fourth-order valence-electron chi connectivity index (χ4n) is 1.77. The van der Waals surface area contributed by atoms with Crippen molar-refractivity contribution in [2.75, 3.05) is 18.7 Å². The highest BCUT2D eigenvalue weighted by Gasteiger charge is 2.17. The van der Waals surface area contributed by atoms with Gasteiger partial charge in [0.25, 0.3) is 5.91 Å². The number of hydrogen-bond acceptors (Lipinski definition) is 5. The Hall–Kier alpha value is -2.12. The molecule has 0 radical (unpaired) electrons. The predicted octanol–water partition coefficient (Wildman–Crippen LogP) is 2.40. The topological polar surface area (TPSA) is 85.4 Å². The van der Waals surface area contributed by atoms with Crippen molar-refractivity contribution in [3.8, 4) is 5.88 Å². The molecule has 6 nitrogen and oxygen atoms in total. The molecule has 0 aliphatic heterocycles. The first-order chi connectivity index (χ1) is 10.3. The summed E-state index contributed by atoms with van der Waals surface area (Å²) < 4.78 is 28.3. The molecule has 1 heterocycles. The van der Waals surface area contributed by atoms with Crippen LogP contribution in [-0.2, 0) is 9.84 Å². The number of nitrogens with one attached hydrogen (secondary N) is 1. The van der Waals surface area contributed by atoms with E-state index in [1.807, 2.05) is 0 Å². The Morgan fingerprint density at radius 1 is 1.32 bits per heavy atom. The maximum Gasteiger partial charge on any atom is 0.255 e. The monoisotopic (exact) mass is 340 g/mol. The van der Waals surface area contributed by atoms with E-state index >= 15 is 0 Å². The van der Waals surface area contributed by atoms with Gasteiger partial charge in [0, 0.05) is 18.0 Å². The van der Waals surface area contributed by atoms with Crippen LogP contribution in [0.25, 0.3) is 0 Å². The highest BCUT2D eigenvalue weighted by molar-refractivity contribution is 7.90. The Bertz CT molecular complexity index is 821. The van der Waals surface area contributed by atoms with Gasteiger partial charge >= 0.3 is 0 Å². The normalized spacial score (nSPS) is 11.0. The highest BCUT2D eigenvalue weighted by Crippen LogP contribution is 2.24. The van der Waals surface area contributed by atoms with Gasteiger partial charge in [-0.05, 0) is 30.3 Å². The third-order valence-corrected chi connectivity index (χ3v) is 4.38. The van der Waals surface area contributed by atoms with Gasteiger partial charge in [0.15, 0.2) is 9.84 Å². The first kappa shape index (κ1) is 16.3. The van der Waals surface area contributed by atoms with Crippen LogP contribution >= 0.6 is 11.6 Å². The van der Waals surface area contributed by atoms with E-state index in [1.54, 1.807) is 12.1 Å². The molecule has 2 rings (SSSR count). The van der Waals surface area contributed by atoms with Gasteiger partial charge < -0.3 is 10.1 Å². The fourth-order valence-corrected chi connectivity index (χ4v) is 3.07. The van der Waals surface area contributed by atoms with Crippen molar-refractivity contribution in [1.29, 1.82) is 0 Å². The van der Waals surface area contributed by atoms with E-state index in [1.165, 1.54) is 31.5 Å². The van der Waals surface area contributed by atoms with Crippen LogP contribution in [0, 0.1) is 0 Å². The fraction of sp³-hybridized carbons (Fsp3) is 0.143. The number of amides is 1. The van der Waals surface area contributed by atoms with Gasteiger partial charge in [0.05, 0.1) is 17.0 Å².